The Morgan fingerprint density at radius 3 is 2.57 bits per heavy atom. The van der Waals surface area contributed by atoms with Gasteiger partial charge in [0.15, 0.2) is 0 Å². The van der Waals surface area contributed by atoms with Crippen molar-refractivity contribution in [3.63, 3.8) is 0 Å². The second-order valence-corrected chi connectivity index (χ2v) is 2.53. The lowest BCUT2D eigenvalue weighted by atomic mass is 10.2. The van der Waals surface area contributed by atoms with Crippen molar-refractivity contribution in [2.75, 3.05) is 7.05 Å². The van der Waals surface area contributed by atoms with E-state index in [1.807, 2.05) is 18.2 Å². The number of amides is 1. The number of rotatable bonds is 1. The highest BCUT2D eigenvalue weighted by atomic mass is 16.3. The number of hydrogen-bond donors (Lipinski definition) is 0. The monoisotopic (exact) mass is 188 g/mol. The molecule has 0 aliphatic heterocycles. The molecule has 1 aromatic rings. The van der Waals surface area contributed by atoms with Crippen LogP contribution in [0.1, 0.15) is 5.56 Å². The van der Waals surface area contributed by atoms with Crippen LogP contribution < -0.4 is 0 Å². The number of carbonyl (C=O) groups excluding carboxylic acids is 1. The Morgan fingerprint density at radius 2 is 2.00 bits per heavy atom. The maximum atomic E-state index is 11.0. The molecule has 1 rings (SSSR count). The van der Waals surface area contributed by atoms with Crippen LogP contribution in [0.25, 0.3) is 0 Å². The Balaban J connectivity index is 2.74. The lowest BCUT2D eigenvalue weighted by Crippen LogP contribution is -2.17. The molecule has 1 aromatic carbocycles. The fourth-order valence-corrected chi connectivity index (χ4v) is 0.765. The van der Waals surface area contributed by atoms with Gasteiger partial charge in [0.25, 0.3) is 0 Å². The summed E-state index contributed by atoms with van der Waals surface area (Å²) in [5, 5.41) is 3.08. The summed E-state index contributed by atoms with van der Waals surface area (Å²) in [6.07, 6.45) is 0. The van der Waals surface area contributed by atoms with Crippen LogP contribution in [0.4, 0.5) is 0 Å². The van der Waals surface area contributed by atoms with Crippen molar-refractivity contribution in [3.8, 4) is 11.8 Å². The van der Waals surface area contributed by atoms with Gasteiger partial charge in [0, 0.05) is 18.5 Å². The summed E-state index contributed by atoms with van der Waals surface area (Å²) in [5.74, 6) is 4.29. The van der Waals surface area contributed by atoms with Crippen molar-refractivity contribution < 1.29 is 4.79 Å². The van der Waals surface area contributed by atoms with Gasteiger partial charge in [-0.2, -0.15) is 5.01 Å². The molecule has 0 atom stereocenters. The molecule has 70 valence electrons. The highest BCUT2D eigenvalue weighted by molar-refractivity contribution is 5.93. The van der Waals surface area contributed by atoms with Gasteiger partial charge in [0.2, 0.25) is 0 Å². The minimum atomic E-state index is -0.621. The maximum absolute atomic E-state index is 11.0. The first-order valence-electron chi connectivity index (χ1n) is 3.92. The van der Waals surface area contributed by atoms with E-state index < -0.39 is 5.91 Å². The Hall–Kier alpha value is -2.15. The molecule has 0 saturated carbocycles. The molecule has 0 heterocycles. The molecule has 0 radical (unpaired) electrons. The largest absolute Gasteiger partial charge is 0.321 e. The third-order valence-corrected chi connectivity index (χ3v) is 1.50. The van der Waals surface area contributed by atoms with Gasteiger partial charge < -0.3 is 0 Å². The van der Waals surface area contributed by atoms with Crippen molar-refractivity contribution in [1.82, 2.24) is 5.01 Å². The summed E-state index contributed by atoms with van der Waals surface area (Å²) >= 11 is 0. The van der Waals surface area contributed by atoms with Crippen molar-refractivity contribution in [3.05, 3.63) is 40.8 Å². The molecule has 0 aromatic heterocycles. The van der Waals surface area contributed by atoms with Gasteiger partial charge in [-0.15, -0.1) is 4.91 Å². The van der Waals surface area contributed by atoms with Gasteiger partial charge in [0.1, 0.15) is 0 Å². The predicted octanol–water partition coefficient (Wildman–Crippen LogP) is 1.18. The Bertz CT molecular complexity index is 390. The van der Waals surface area contributed by atoms with Crippen LogP contribution in [0.2, 0.25) is 0 Å². The van der Waals surface area contributed by atoms with Crippen molar-refractivity contribution in [2.45, 2.75) is 0 Å². The topological polar surface area (TPSA) is 49.7 Å². The van der Waals surface area contributed by atoms with E-state index in [0.717, 1.165) is 5.56 Å². The Labute approximate surface area is 81.5 Å². The van der Waals surface area contributed by atoms with Crippen LogP contribution in [0, 0.1) is 16.7 Å². The molecule has 0 bridgehead atoms. The van der Waals surface area contributed by atoms with Crippen LogP contribution in [-0.4, -0.2) is 18.0 Å². The molecule has 0 N–H and O–H groups in total. The number of benzene rings is 1. The van der Waals surface area contributed by atoms with E-state index in [-0.39, 0.29) is 0 Å². The molecule has 1 amide bonds. The van der Waals surface area contributed by atoms with E-state index >= 15 is 0 Å². The Morgan fingerprint density at radius 1 is 1.36 bits per heavy atom. The summed E-state index contributed by atoms with van der Waals surface area (Å²) in [4.78, 5) is 21.0. The van der Waals surface area contributed by atoms with Crippen LogP contribution in [0.5, 0.6) is 0 Å². The molecular weight excluding hydrogens is 180 g/mol. The SMILES string of the molecule is CN(N=O)C(=O)C#Cc1ccccc1. The quantitative estimate of drug-likeness (QED) is 0.377. The summed E-state index contributed by atoms with van der Waals surface area (Å²) in [6.45, 7) is 0. The highest BCUT2D eigenvalue weighted by Gasteiger charge is 2.02. The standard InChI is InChI=1S/C10H8N2O2/c1-12(11-14)10(13)8-7-9-5-3-2-4-6-9/h2-6H,1H3. The fraction of sp³-hybridized carbons (Fsp3) is 0.100. The lowest BCUT2D eigenvalue weighted by molar-refractivity contribution is -0.123. The van der Waals surface area contributed by atoms with Crippen molar-refractivity contribution >= 4 is 5.91 Å². The van der Waals surface area contributed by atoms with Gasteiger partial charge in [-0.05, 0) is 12.1 Å². The molecular formula is C10H8N2O2. The first-order valence-corrected chi connectivity index (χ1v) is 3.92. The molecule has 0 spiro atoms. The molecule has 14 heavy (non-hydrogen) atoms. The summed E-state index contributed by atoms with van der Waals surface area (Å²) in [7, 11) is 1.26. The molecule has 0 saturated heterocycles. The molecule has 4 nitrogen and oxygen atoms in total. The zero-order valence-electron chi connectivity index (χ0n) is 7.60. The maximum Gasteiger partial charge on any atom is 0.321 e. The molecule has 0 aliphatic rings. The van der Waals surface area contributed by atoms with Crippen molar-refractivity contribution in [2.24, 2.45) is 5.29 Å². The van der Waals surface area contributed by atoms with Crippen LogP contribution in [0.3, 0.4) is 0 Å². The number of hydrogen-bond acceptors (Lipinski definition) is 3. The van der Waals surface area contributed by atoms with E-state index in [9.17, 15) is 9.70 Å². The second kappa shape index (κ2) is 4.77. The van der Waals surface area contributed by atoms with Crippen LogP contribution in [-0.2, 0) is 4.79 Å². The normalized spacial score (nSPS) is 8.36. The molecule has 0 fully saturated rings. The fourth-order valence-electron chi connectivity index (χ4n) is 0.765. The highest BCUT2D eigenvalue weighted by Crippen LogP contribution is 1.94. The lowest BCUT2D eigenvalue weighted by Gasteiger charge is -1.97. The third kappa shape index (κ3) is 2.72. The smallest absolute Gasteiger partial charge is 0.257 e. The van der Waals surface area contributed by atoms with E-state index in [2.05, 4.69) is 17.1 Å². The number of nitrogens with zero attached hydrogens (tertiary/aromatic N) is 2. The number of carbonyl (C=O) groups is 1. The minimum Gasteiger partial charge on any atom is -0.257 e. The second-order valence-electron chi connectivity index (χ2n) is 2.53. The van der Waals surface area contributed by atoms with E-state index in [4.69, 9.17) is 0 Å². The third-order valence-electron chi connectivity index (χ3n) is 1.50. The first-order chi connectivity index (χ1) is 6.74. The first kappa shape index (κ1) is 9.93. The summed E-state index contributed by atoms with van der Waals surface area (Å²) in [5.41, 5.74) is 0.722. The predicted molar refractivity (Wildman–Crippen MR) is 51.9 cm³/mol. The Kier molecular flexibility index (Phi) is 3.39. The minimum absolute atomic E-state index is 0.621. The molecule has 4 heteroatoms. The average molecular weight is 188 g/mol. The van der Waals surface area contributed by atoms with E-state index in [1.54, 1.807) is 12.1 Å². The summed E-state index contributed by atoms with van der Waals surface area (Å²) in [6, 6.07) is 9.03. The summed E-state index contributed by atoms with van der Waals surface area (Å²) < 4.78 is 0. The van der Waals surface area contributed by atoms with E-state index in [0.29, 0.717) is 5.01 Å². The molecule has 0 unspecified atom stereocenters. The zero-order valence-corrected chi connectivity index (χ0v) is 7.60. The van der Waals surface area contributed by atoms with Crippen LogP contribution >= 0.6 is 0 Å². The van der Waals surface area contributed by atoms with E-state index in [1.165, 1.54) is 7.05 Å². The zero-order chi connectivity index (χ0) is 10.4. The number of nitroso groups, excluding NO2 is 1. The van der Waals surface area contributed by atoms with Gasteiger partial charge >= 0.3 is 5.91 Å². The van der Waals surface area contributed by atoms with Crippen LogP contribution in [0.15, 0.2) is 35.6 Å². The van der Waals surface area contributed by atoms with Crippen molar-refractivity contribution in [1.29, 1.82) is 0 Å². The molecule has 0 aliphatic carbocycles. The average Bonchev–Trinajstić information content (AvgIpc) is 2.26. The van der Waals surface area contributed by atoms with Gasteiger partial charge in [-0.25, -0.2) is 0 Å². The van der Waals surface area contributed by atoms with Gasteiger partial charge in [-0.1, -0.05) is 24.1 Å². The van der Waals surface area contributed by atoms with Gasteiger partial charge in [0.05, 0.1) is 5.29 Å². The van der Waals surface area contributed by atoms with Gasteiger partial charge in [-0.3, -0.25) is 4.79 Å².